The number of unbranched alkanes of at least 4 members (excludes halogenated alkanes) is 7. The van der Waals surface area contributed by atoms with Gasteiger partial charge >= 0.3 is 0 Å². The third-order valence-corrected chi connectivity index (χ3v) is 12.7. The van der Waals surface area contributed by atoms with E-state index in [9.17, 15) is 0 Å². The number of anilines is 2. The largest absolute Gasteiger partial charge is 0.399 e. The maximum Gasteiger partial charge on any atom is 0.0316 e. The Kier molecular flexibility index (Phi) is 14.9. The predicted molar refractivity (Wildman–Crippen MR) is 228 cm³/mol. The van der Waals surface area contributed by atoms with Crippen molar-refractivity contribution in [1.29, 1.82) is 0 Å². The second-order valence-corrected chi connectivity index (χ2v) is 16.4. The van der Waals surface area contributed by atoms with Crippen molar-refractivity contribution < 1.29 is 0 Å². The lowest BCUT2D eigenvalue weighted by atomic mass is 9.62. The van der Waals surface area contributed by atoms with E-state index in [-0.39, 0.29) is 5.41 Å². The maximum atomic E-state index is 6.18. The minimum absolute atomic E-state index is 0.0563. The van der Waals surface area contributed by atoms with Gasteiger partial charge in [0, 0.05) is 28.6 Å². The van der Waals surface area contributed by atoms with Gasteiger partial charge in [-0.1, -0.05) is 152 Å². The molecule has 2 heteroatoms. The Labute approximate surface area is 318 Å². The van der Waals surface area contributed by atoms with Gasteiger partial charge in [-0.2, -0.15) is 0 Å². The number of nitrogens with two attached hydrogens (primary N) is 2. The molecule has 0 heterocycles. The second kappa shape index (κ2) is 19.5. The average Bonchev–Trinajstić information content (AvgIpc) is 3.15. The highest BCUT2D eigenvalue weighted by atomic mass is 14.5. The highest BCUT2D eigenvalue weighted by Gasteiger charge is 2.38. The fourth-order valence-corrected chi connectivity index (χ4v) is 9.49. The van der Waals surface area contributed by atoms with Crippen LogP contribution in [0.5, 0.6) is 0 Å². The van der Waals surface area contributed by atoms with Gasteiger partial charge in [-0.15, -0.1) is 0 Å². The standard InChI is InChI=1S/C50H70N2/c1-6-9-12-13-14-15-16-39-31-33-50(34-32-39,42-23-19-40(20-24-42)48(17-10-7-2)46-29-27-44(51)35-37(46)4)43-25-21-41(22-26-43)49(18-11-8-3)47-30-28-45(52)36-38(47)5/h19-30,35-36,39,48-49H,6-18,31-34,51-52H2,1-5H3. The molecule has 0 radical (unpaired) electrons. The molecule has 2 atom stereocenters. The summed E-state index contributed by atoms with van der Waals surface area (Å²) in [5.74, 6) is 1.65. The van der Waals surface area contributed by atoms with Gasteiger partial charge in [0.05, 0.1) is 0 Å². The molecule has 52 heavy (non-hydrogen) atoms. The molecule has 0 bridgehead atoms. The van der Waals surface area contributed by atoms with Crippen molar-refractivity contribution in [1.82, 2.24) is 0 Å². The van der Waals surface area contributed by atoms with Crippen LogP contribution in [0.2, 0.25) is 0 Å². The molecule has 2 unspecified atom stereocenters. The van der Waals surface area contributed by atoms with E-state index in [1.54, 1.807) is 0 Å². The van der Waals surface area contributed by atoms with Gasteiger partial charge in [0.25, 0.3) is 0 Å². The fraction of sp³-hybridized carbons (Fsp3) is 0.520. The summed E-state index contributed by atoms with van der Waals surface area (Å²) in [5.41, 5.74) is 25.5. The summed E-state index contributed by atoms with van der Waals surface area (Å²) in [6.07, 6.45) is 22.1. The molecule has 1 aliphatic rings. The smallest absolute Gasteiger partial charge is 0.0316 e. The molecule has 0 amide bonds. The van der Waals surface area contributed by atoms with Gasteiger partial charge < -0.3 is 11.5 Å². The zero-order chi connectivity index (χ0) is 36.9. The zero-order valence-corrected chi connectivity index (χ0v) is 33.5. The van der Waals surface area contributed by atoms with Crippen LogP contribution in [0.25, 0.3) is 0 Å². The Hall–Kier alpha value is -3.52. The Balaban J connectivity index is 1.45. The van der Waals surface area contributed by atoms with Gasteiger partial charge in [0.2, 0.25) is 0 Å². The molecule has 0 aliphatic heterocycles. The lowest BCUT2D eigenvalue weighted by molar-refractivity contribution is 0.250. The van der Waals surface area contributed by atoms with E-state index < -0.39 is 0 Å². The van der Waals surface area contributed by atoms with Crippen LogP contribution in [-0.4, -0.2) is 0 Å². The van der Waals surface area contributed by atoms with E-state index >= 15 is 0 Å². The Morgan fingerprint density at radius 3 is 1.38 bits per heavy atom. The topological polar surface area (TPSA) is 52.0 Å². The second-order valence-electron chi connectivity index (χ2n) is 16.4. The first-order chi connectivity index (χ1) is 25.3. The van der Waals surface area contributed by atoms with Crippen molar-refractivity contribution >= 4 is 11.4 Å². The molecule has 0 saturated heterocycles. The number of aryl methyl sites for hydroxylation is 2. The third kappa shape index (κ3) is 9.91. The molecule has 2 nitrogen and oxygen atoms in total. The van der Waals surface area contributed by atoms with Crippen molar-refractivity contribution in [2.24, 2.45) is 5.92 Å². The average molecular weight is 699 g/mol. The number of rotatable bonds is 19. The van der Waals surface area contributed by atoms with Gasteiger partial charge in [0.1, 0.15) is 0 Å². The van der Waals surface area contributed by atoms with E-state index in [1.807, 2.05) is 0 Å². The molecule has 0 spiro atoms. The van der Waals surface area contributed by atoms with Gasteiger partial charge in [0.15, 0.2) is 0 Å². The summed E-state index contributed by atoms with van der Waals surface area (Å²) in [6.45, 7) is 11.4. The van der Waals surface area contributed by atoms with E-state index in [4.69, 9.17) is 11.5 Å². The first kappa shape index (κ1) is 39.7. The molecule has 4 aromatic rings. The number of hydrogen-bond donors (Lipinski definition) is 2. The molecule has 0 aromatic heterocycles. The normalized spacial score (nSPS) is 18.7. The summed E-state index contributed by atoms with van der Waals surface area (Å²) in [5, 5.41) is 0. The minimum atomic E-state index is 0.0563. The molecule has 1 saturated carbocycles. The maximum absolute atomic E-state index is 6.18. The monoisotopic (exact) mass is 699 g/mol. The number of nitrogen functional groups attached to an aromatic ring is 2. The molecular weight excluding hydrogens is 629 g/mol. The van der Waals surface area contributed by atoms with E-state index in [2.05, 4.69) is 120 Å². The minimum Gasteiger partial charge on any atom is -0.399 e. The van der Waals surface area contributed by atoms with Crippen LogP contribution in [0.3, 0.4) is 0 Å². The number of hydrogen-bond acceptors (Lipinski definition) is 2. The SMILES string of the molecule is CCCCCCCCC1CCC(c2ccc(C(CCCC)c3ccc(N)cc3C)cc2)(c2ccc(C(CCCC)c3ccc(N)cc3C)cc2)CC1. The van der Waals surface area contributed by atoms with Crippen LogP contribution >= 0.6 is 0 Å². The lowest BCUT2D eigenvalue weighted by Crippen LogP contribution is -2.33. The molecule has 1 aliphatic carbocycles. The van der Waals surface area contributed by atoms with Gasteiger partial charge in [-0.25, -0.2) is 0 Å². The summed E-state index contributed by atoms with van der Waals surface area (Å²) in [7, 11) is 0. The Morgan fingerprint density at radius 2 is 0.962 bits per heavy atom. The van der Waals surface area contributed by atoms with E-state index in [0.29, 0.717) is 11.8 Å². The predicted octanol–water partition coefficient (Wildman–Crippen LogP) is 14.3. The first-order valence-electron chi connectivity index (χ1n) is 21.2. The Morgan fingerprint density at radius 1 is 0.538 bits per heavy atom. The lowest BCUT2D eigenvalue weighted by Gasteiger charge is -2.42. The molecule has 4 N–H and O–H groups in total. The highest BCUT2D eigenvalue weighted by molar-refractivity contribution is 5.51. The van der Waals surface area contributed by atoms with Crippen LogP contribution in [0.1, 0.15) is 186 Å². The molecule has 4 aromatic carbocycles. The van der Waals surface area contributed by atoms with Crippen LogP contribution < -0.4 is 11.5 Å². The summed E-state index contributed by atoms with van der Waals surface area (Å²) >= 11 is 0. The fourth-order valence-electron chi connectivity index (χ4n) is 9.49. The molecule has 280 valence electrons. The van der Waals surface area contributed by atoms with E-state index in [1.165, 1.54) is 154 Å². The van der Waals surface area contributed by atoms with Crippen molar-refractivity contribution in [2.45, 2.75) is 161 Å². The van der Waals surface area contributed by atoms with Crippen molar-refractivity contribution in [3.05, 3.63) is 129 Å². The summed E-state index contributed by atoms with van der Waals surface area (Å²) in [6, 6.07) is 32.9. The Bertz CT molecular complexity index is 1530. The molecular formula is C50H70N2. The summed E-state index contributed by atoms with van der Waals surface area (Å²) in [4.78, 5) is 0. The van der Waals surface area contributed by atoms with E-state index in [0.717, 1.165) is 17.3 Å². The van der Waals surface area contributed by atoms with Crippen LogP contribution in [0, 0.1) is 19.8 Å². The van der Waals surface area contributed by atoms with Crippen LogP contribution in [-0.2, 0) is 5.41 Å². The number of benzene rings is 4. The van der Waals surface area contributed by atoms with Crippen molar-refractivity contribution in [3.8, 4) is 0 Å². The molecule has 5 rings (SSSR count). The van der Waals surface area contributed by atoms with Gasteiger partial charge in [-0.3, -0.25) is 0 Å². The third-order valence-electron chi connectivity index (χ3n) is 12.7. The van der Waals surface area contributed by atoms with Crippen molar-refractivity contribution in [3.63, 3.8) is 0 Å². The van der Waals surface area contributed by atoms with Crippen molar-refractivity contribution in [2.75, 3.05) is 11.5 Å². The van der Waals surface area contributed by atoms with Gasteiger partial charge in [-0.05, 0) is 127 Å². The molecule has 1 fully saturated rings. The first-order valence-corrected chi connectivity index (χ1v) is 21.2. The zero-order valence-electron chi connectivity index (χ0n) is 33.5. The van der Waals surface area contributed by atoms with Crippen LogP contribution in [0.15, 0.2) is 84.9 Å². The van der Waals surface area contributed by atoms with Crippen LogP contribution in [0.4, 0.5) is 11.4 Å². The quantitative estimate of drug-likeness (QED) is 0.0756. The summed E-state index contributed by atoms with van der Waals surface area (Å²) < 4.78 is 0. The highest BCUT2D eigenvalue weighted by Crippen LogP contribution is 2.48.